The monoisotopic (exact) mass is 494 g/mol. The largest absolute Gasteiger partial charge is 0.726 e. The fourth-order valence-corrected chi connectivity index (χ4v) is 9.60. The molecule has 0 unspecified atom stereocenters. The fraction of sp³-hybridized carbons (Fsp3) is 1.00. The molecule has 0 aliphatic carbocycles. The molecule has 4 nitrogen and oxygen atoms in total. The molecule has 0 aliphatic rings. The van der Waals surface area contributed by atoms with Crippen molar-refractivity contribution in [2.45, 2.75) is 136 Å². The van der Waals surface area contributed by atoms with Gasteiger partial charge in [0.15, 0.2) is 0 Å². The van der Waals surface area contributed by atoms with Gasteiger partial charge in [0.1, 0.15) is 0 Å². The van der Waals surface area contributed by atoms with Gasteiger partial charge in [-0.1, -0.05) is 97.8 Å². The van der Waals surface area contributed by atoms with Gasteiger partial charge in [0.05, 0.1) is 31.3 Å². The molecule has 0 fully saturated rings. The van der Waals surface area contributed by atoms with Crippen molar-refractivity contribution in [2.75, 3.05) is 31.3 Å². The second kappa shape index (κ2) is 21.8. The van der Waals surface area contributed by atoms with Gasteiger partial charge in [-0.15, -0.1) is 0 Å². The van der Waals surface area contributed by atoms with Gasteiger partial charge in [0.2, 0.25) is 10.4 Å². The Hall–Kier alpha value is 0.300. The third-order valence-electron chi connectivity index (χ3n) is 6.75. The standard InChI is InChI=1S/C26H55O4PS/c1-4-7-10-13-16-19-23-31(26-22-30-32(27,28)29,24-20-17-14-11-8-5-2)25-21-18-15-12-9-6-3/h4-26H2,1-3H3. The summed E-state index contributed by atoms with van der Waals surface area (Å²) < 4.78 is 37.8. The van der Waals surface area contributed by atoms with Crippen molar-refractivity contribution < 1.29 is 17.2 Å². The van der Waals surface area contributed by atoms with Gasteiger partial charge >= 0.3 is 0 Å². The summed E-state index contributed by atoms with van der Waals surface area (Å²) in [5.41, 5.74) is 0. The van der Waals surface area contributed by atoms with Crippen LogP contribution in [0.4, 0.5) is 0 Å². The van der Waals surface area contributed by atoms with E-state index in [0.717, 1.165) is 6.16 Å². The average molecular weight is 495 g/mol. The van der Waals surface area contributed by atoms with Gasteiger partial charge in [-0.3, -0.25) is 4.18 Å². The quantitative estimate of drug-likeness (QED) is 0.0551. The maximum absolute atomic E-state index is 11.0. The van der Waals surface area contributed by atoms with Crippen LogP contribution < -0.4 is 0 Å². The maximum atomic E-state index is 11.0. The Morgan fingerprint density at radius 1 is 0.531 bits per heavy atom. The molecule has 0 aromatic carbocycles. The smallest absolute Gasteiger partial charge is 0.217 e. The molecular weight excluding hydrogens is 439 g/mol. The van der Waals surface area contributed by atoms with E-state index in [4.69, 9.17) is 4.18 Å². The molecule has 0 rings (SSSR count). The summed E-state index contributed by atoms with van der Waals surface area (Å²) in [5, 5.41) is 0. The normalized spacial score (nSPS) is 12.5. The van der Waals surface area contributed by atoms with Crippen molar-refractivity contribution in [1.29, 1.82) is 0 Å². The van der Waals surface area contributed by atoms with Crippen LogP contribution in [-0.4, -0.2) is 44.2 Å². The van der Waals surface area contributed by atoms with Gasteiger partial charge in [0, 0.05) is 7.26 Å². The zero-order valence-electron chi connectivity index (χ0n) is 21.8. The first-order valence-electron chi connectivity index (χ1n) is 13.8. The molecule has 0 aromatic rings. The first-order valence-corrected chi connectivity index (χ1v) is 17.7. The lowest BCUT2D eigenvalue weighted by Gasteiger charge is -2.28. The summed E-state index contributed by atoms with van der Waals surface area (Å²) in [5.74, 6) is 0. The van der Waals surface area contributed by atoms with Gasteiger partial charge in [0.25, 0.3) is 0 Å². The third kappa shape index (κ3) is 20.9. The summed E-state index contributed by atoms with van der Waals surface area (Å²) in [6.45, 7) is 6.85. The lowest BCUT2D eigenvalue weighted by Crippen LogP contribution is -2.18. The Labute approximate surface area is 202 Å². The summed E-state index contributed by atoms with van der Waals surface area (Å²) in [6, 6.07) is 0. The molecule has 0 amide bonds. The minimum Gasteiger partial charge on any atom is -0.726 e. The summed E-state index contributed by atoms with van der Waals surface area (Å²) in [6.07, 6.45) is 27.9. The van der Waals surface area contributed by atoms with Gasteiger partial charge in [-0.2, -0.15) is 0 Å². The van der Waals surface area contributed by atoms with Crippen molar-refractivity contribution in [2.24, 2.45) is 0 Å². The molecule has 0 saturated carbocycles. The van der Waals surface area contributed by atoms with Crippen LogP contribution in [0.15, 0.2) is 0 Å². The Bertz CT molecular complexity index is 455. The van der Waals surface area contributed by atoms with Crippen LogP contribution in [0.3, 0.4) is 0 Å². The van der Waals surface area contributed by atoms with E-state index in [9.17, 15) is 13.0 Å². The maximum Gasteiger partial charge on any atom is 0.217 e. The average Bonchev–Trinajstić information content (AvgIpc) is 2.74. The Morgan fingerprint density at radius 3 is 1.16 bits per heavy atom. The molecule has 0 heterocycles. The van der Waals surface area contributed by atoms with E-state index in [1.54, 1.807) is 0 Å². The second-order valence-corrected chi connectivity index (χ2v) is 15.3. The van der Waals surface area contributed by atoms with Crippen molar-refractivity contribution in [1.82, 2.24) is 0 Å². The van der Waals surface area contributed by atoms with Gasteiger partial charge in [-0.05, 0) is 38.5 Å². The van der Waals surface area contributed by atoms with Crippen molar-refractivity contribution in [3.63, 3.8) is 0 Å². The molecule has 0 saturated heterocycles. The highest BCUT2D eigenvalue weighted by Gasteiger charge is 2.35. The number of unbranched alkanes of at least 4 members (excludes halogenated alkanes) is 15. The van der Waals surface area contributed by atoms with E-state index in [0.29, 0.717) is 0 Å². The Kier molecular flexibility index (Phi) is 22.0. The first-order chi connectivity index (χ1) is 15.4. The van der Waals surface area contributed by atoms with E-state index >= 15 is 0 Å². The zero-order valence-corrected chi connectivity index (χ0v) is 23.5. The van der Waals surface area contributed by atoms with Gasteiger partial charge < -0.3 is 4.55 Å². The van der Waals surface area contributed by atoms with Crippen LogP contribution in [0.25, 0.3) is 0 Å². The molecule has 6 heteroatoms. The van der Waals surface area contributed by atoms with Crippen LogP contribution in [0.1, 0.15) is 136 Å². The van der Waals surface area contributed by atoms with Crippen molar-refractivity contribution in [3.8, 4) is 0 Å². The summed E-state index contributed by atoms with van der Waals surface area (Å²) in [4.78, 5) is 0. The van der Waals surface area contributed by atoms with E-state index in [1.807, 2.05) is 0 Å². The highest BCUT2D eigenvalue weighted by molar-refractivity contribution is 7.80. The fourth-order valence-electron chi connectivity index (χ4n) is 4.69. The molecular formula is C26H55O4PS. The molecule has 0 radical (unpaired) electrons. The molecule has 0 spiro atoms. The Morgan fingerprint density at radius 2 is 0.844 bits per heavy atom. The highest BCUT2D eigenvalue weighted by Crippen LogP contribution is 2.60. The lowest BCUT2D eigenvalue weighted by atomic mass is 10.1. The predicted octanol–water partition coefficient (Wildman–Crippen LogP) is 8.56. The topological polar surface area (TPSA) is 66.4 Å². The molecule has 0 aliphatic heterocycles. The van der Waals surface area contributed by atoms with Crippen LogP contribution in [0.2, 0.25) is 0 Å². The first kappa shape index (κ1) is 32.3. The van der Waals surface area contributed by atoms with E-state index in [-0.39, 0.29) is 6.61 Å². The van der Waals surface area contributed by atoms with Crippen LogP contribution >= 0.6 is 7.26 Å². The predicted molar refractivity (Wildman–Crippen MR) is 142 cm³/mol. The Balaban J connectivity index is 4.87. The minimum absolute atomic E-state index is 0.0983. The van der Waals surface area contributed by atoms with Crippen molar-refractivity contribution >= 4 is 17.7 Å². The highest BCUT2D eigenvalue weighted by atomic mass is 32.3. The minimum atomic E-state index is -4.59. The summed E-state index contributed by atoms with van der Waals surface area (Å²) in [7, 11) is -5.86. The number of rotatable bonds is 25. The molecule has 0 bridgehead atoms. The van der Waals surface area contributed by atoms with Gasteiger partial charge in [-0.25, -0.2) is 8.42 Å². The lowest BCUT2D eigenvalue weighted by molar-refractivity contribution is 0.276. The zero-order chi connectivity index (χ0) is 24.0. The molecule has 0 atom stereocenters. The van der Waals surface area contributed by atoms with E-state index in [2.05, 4.69) is 20.8 Å². The third-order valence-corrected chi connectivity index (χ3v) is 12.1. The SMILES string of the molecule is CCCCCCCC[P+](CCCCCCCC)(CCCCCCCC)CCOS(=O)(=O)[O-]. The van der Waals surface area contributed by atoms with E-state index < -0.39 is 17.7 Å². The van der Waals surface area contributed by atoms with Crippen LogP contribution in [-0.2, 0) is 14.6 Å². The molecule has 0 N–H and O–H groups in total. The van der Waals surface area contributed by atoms with Crippen molar-refractivity contribution in [3.05, 3.63) is 0 Å². The second-order valence-electron chi connectivity index (χ2n) is 9.77. The molecule has 194 valence electrons. The van der Waals surface area contributed by atoms with E-state index in [1.165, 1.54) is 134 Å². The van der Waals surface area contributed by atoms with Crippen LogP contribution in [0.5, 0.6) is 0 Å². The number of hydrogen-bond donors (Lipinski definition) is 0. The summed E-state index contributed by atoms with van der Waals surface area (Å²) >= 11 is 0. The molecule has 0 aromatic heterocycles. The van der Waals surface area contributed by atoms with Crippen LogP contribution in [0, 0.1) is 0 Å². The number of hydrogen-bond acceptors (Lipinski definition) is 4. The molecule has 32 heavy (non-hydrogen) atoms.